The van der Waals surface area contributed by atoms with Crippen LogP contribution in [0.15, 0.2) is 12.1 Å². The fourth-order valence-electron chi connectivity index (χ4n) is 1.87. The van der Waals surface area contributed by atoms with Gasteiger partial charge in [-0.05, 0) is 42.5 Å². The zero-order chi connectivity index (χ0) is 13.0. The first kappa shape index (κ1) is 14.4. The highest BCUT2D eigenvalue weighted by Crippen LogP contribution is 2.38. The van der Waals surface area contributed by atoms with Crippen molar-refractivity contribution < 1.29 is 9.47 Å². The fourth-order valence-corrected chi connectivity index (χ4v) is 3.12. The van der Waals surface area contributed by atoms with Crippen molar-refractivity contribution in [1.29, 1.82) is 0 Å². The van der Waals surface area contributed by atoms with Crippen molar-refractivity contribution >= 4 is 15.9 Å². The Hall–Kier alpha value is -0.700. The molecule has 0 N–H and O–H groups in total. The second-order valence-electron chi connectivity index (χ2n) is 4.66. The molecule has 1 unspecified atom stereocenters. The zero-order valence-electron chi connectivity index (χ0n) is 11.2. The van der Waals surface area contributed by atoms with E-state index in [4.69, 9.17) is 9.47 Å². The van der Waals surface area contributed by atoms with Crippen LogP contribution in [0.25, 0.3) is 0 Å². The number of alkyl halides is 1. The van der Waals surface area contributed by atoms with E-state index in [1.807, 2.05) is 6.07 Å². The number of halogens is 1. The molecule has 1 rings (SSSR count). The van der Waals surface area contributed by atoms with E-state index in [0.29, 0.717) is 10.7 Å². The van der Waals surface area contributed by atoms with Crippen LogP contribution in [-0.2, 0) is 0 Å². The summed E-state index contributed by atoms with van der Waals surface area (Å²) in [6, 6.07) is 4.10. The molecular weight excluding hydrogens is 280 g/mol. The third-order valence-electron chi connectivity index (χ3n) is 2.79. The molecule has 0 aliphatic rings. The number of rotatable bonds is 5. The first-order chi connectivity index (χ1) is 7.99. The lowest BCUT2D eigenvalue weighted by Gasteiger charge is -2.18. The van der Waals surface area contributed by atoms with Crippen molar-refractivity contribution in [2.75, 3.05) is 14.2 Å². The molecule has 0 amide bonds. The number of ether oxygens (including phenoxy) is 2. The van der Waals surface area contributed by atoms with Gasteiger partial charge in [0, 0.05) is 4.83 Å². The van der Waals surface area contributed by atoms with Crippen molar-refractivity contribution in [3.8, 4) is 11.5 Å². The molecule has 0 aliphatic heterocycles. The zero-order valence-corrected chi connectivity index (χ0v) is 12.8. The van der Waals surface area contributed by atoms with Gasteiger partial charge in [-0.2, -0.15) is 0 Å². The van der Waals surface area contributed by atoms with Crippen molar-refractivity contribution in [1.82, 2.24) is 0 Å². The predicted molar refractivity (Wildman–Crippen MR) is 75.4 cm³/mol. The van der Waals surface area contributed by atoms with Gasteiger partial charge in [0.15, 0.2) is 11.5 Å². The molecule has 0 aliphatic carbocycles. The van der Waals surface area contributed by atoms with Gasteiger partial charge >= 0.3 is 0 Å². The summed E-state index contributed by atoms with van der Waals surface area (Å²) in [6.45, 7) is 6.56. The molecule has 0 saturated carbocycles. The summed E-state index contributed by atoms with van der Waals surface area (Å²) in [5, 5.41) is 0. The molecule has 0 fully saturated rings. The van der Waals surface area contributed by atoms with Crippen LogP contribution in [0.2, 0.25) is 0 Å². The van der Waals surface area contributed by atoms with E-state index >= 15 is 0 Å². The van der Waals surface area contributed by atoms with Crippen LogP contribution in [0.5, 0.6) is 11.5 Å². The van der Waals surface area contributed by atoms with E-state index in [9.17, 15) is 0 Å². The maximum atomic E-state index is 5.34. The van der Waals surface area contributed by atoms with Crippen molar-refractivity contribution in [2.45, 2.75) is 32.0 Å². The van der Waals surface area contributed by atoms with Crippen LogP contribution < -0.4 is 9.47 Å². The molecule has 1 atom stereocenters. The van der Waals surface area contributed by atoms with Gasteiger partial charge in [0.1, 0.15) is 0 Å². The molecule has 0 spiro atoms. The summed E-state index contributed by atoms with van der Waals surface area (Å²) >= 11 is 3.75. The van der Waals surface area contributed by atoms with Gasteiger partial charge in [-0.25, -0.2) is 0 Å². The summed E-state index contributed by atoms with van der Waals surface area (Å²) in [5.41, 5.74) is 2.50. The summed E-state index contributed by atoms with van der Waals surface area (Å²) in [6.07, 6.45) is 1.11. The average molecular weight is 301 g/mol. The third kappa shape index (κ3) is 3.63. The quantitative estimate of drug-likeness (QED) is 0.746. The van der Waals surface area contributed by atoms with Gasteiger partial charge in [0.2, 0.25) is 0 Å². The highest BCUT2D eigenvalue weighted by atomic mass is 79.9. The molecule has 0 saturated heterocycles. The van der Waals surface area contributed by atoms with Crippen LogP contribution in [-0.4, -0.2) is 14.2 Å². The van der Waals surface area contributed by atoms with Gasteiger partial charge in [0.05, 0.1) is 14.2 Å². The lowest BCUT2D eigenvalue weighted by Crippen LogP contribution is -2.00. The Morgan fingerprint density at radius 1 is 1.12 bits per heavy atom. The molecule has 1 aromatic carbocycles. The first-order valence-electron chi connectivity index (χ1n) is 5.86. The summed E-state index contributed by atoms with van der Waals surface area (Å²) in [4.78, 5) is 0.363. The first-order valence-corrected chi connectivity index (χ1v) is 6.77. The smallest absolute Gasteiger partial charge is 0.161 e. The van der Waals surface area contributed by atoms with Gasteiger partial charge in [-0.3, -0.25) is 0 Å². The molecular formula is C14H21BrO2. The van der Waals surface area contributed by atoms with Gasteiger partial charge < -0.3 is 9.47 Å². The normalized spacial score (nSPS) is 12.6. The Bertz CT molecular complexity index is 375. The Balaban J connectivity index is 3.07. The second-order valence-corrected chi connectivity index (χ2v) is 5.77. The van der Waals surface area contributed by atoms with E-state index in [1.165, 1.54) is 11.1 Å². The molecule has 1 aromatic rings. The van der Waals surface area contributed by atoms with Gasteiger partial charge in [-0.1, -0.05) is 29.8 Å². The van der Waals surface area contributed by atoms with Crippen LogP contribution in [0, 0.1) is 12.8 Å². The fraction of sp³-hybridized carbons (Fsp3) is 0.571. The van der Waals surface area contributed by atoms with E-state index in [1.54, 1.807) is 14.2 Å². The molecule has 0 bridgehead atoms. The standard InChI is InChI=1S/C14H21BrO2/c1-9(2)6-12(15)11-8-14(17-5)13(16-4)7-10(11)3/h7-9,12H,6H2,1-5H3. The van der Waals surface area contributed by atoms with Crippen LogP contribution in [0.4, 0.5) is 0 Å². The Labute approximate surface area is 112 Å². The lowest BCUT2D eigenvalue weighted by molar-refractivity contribution is 0.354. The van der Waals surface area contributed by atoms with E-state index in [0.717, 1.165) is 17.9 Å². The number of hydrogen-bond donors (Lipinski definition) is 0. The van der Waals surface area contributed by atoms with Crippen molar-refractivity contribution in [3.63, 3.8) is 0 Å². The number of methoxy groups -OCH3 is 2. The monoisotopic (exact) mass is 300 g/mol. The van der Waals surface area contributed by atoms with Crippen LogP contribution in [0.3, 0.4) is 0 Å². The number of hydrogen-bond acceptors (Lipinski definition) is 2. The molecule has 0 aromatic heterocycles. The highest BCUT2D eigenvalue weighted by Gasteiger charge is 2.15. The Morgan fingerprint density at radius 3 is 2.12 bits per heavy atom. The molecule has 3 heteroatoms. The Morgan fingerprint density at radius 2 is 1.65 bits per heavy atom. The van der Waals surface area contributed by atoms with Gasteiger partial charge in [-0.15, -0.1) is 0 Å². The maximum Gasteiger partial charge on any atom is 0.161 e. The number of benzene rings is 1. The third-order valence-corrected chi connectivity index (χ3v) is 3.66. The molecule has 96 valence electrons. The molecule has 0 radical (unpaired) electrons. The average Bonchev–Trinajstić information content (AvgIpc) is 2.27. The van der Waals surface area contributed by atoms with E-state index in [2.05, 4.69) is 42.8 Å². The molecule has 2 nitrogen and oxygen atoms in total. The van der Waals surface area contributed by atoms with E-state index < -0.39 is 0 Å². The molecule has 0 heterocycles. The van der Waals surface area contributed by atoms with E-state index in [-0.39, 0.29) is 0 Å². The second kappa shape index (κ2) is 6.29. The minimum Gasteiger partial charge on any atom is -0.493 e. The summed E-state index contributed by atoms with van der Waals surface area (Å²) in [7, 11) is 3.33. The predicted octanol–water partition coefficient (Wildman–Crippen LogP) is 4.49. The summed E-state index contributed by atoms with van der Waals surface area (Å²) < 4.78 is 10.6. The Kier molecular flexibility index (Phi) is 5.31. The minimum absolute atomic E-state index is 0.363. The van der Waals surface area contributed by atoms with Crippen molar-refractivity contribution in [3.05, 3.63) is 23.3 Å². The summed E-state index contributed by atoms with van der Waals surface area (Å²) in [5.74, 6) is 2.24. The van der Waals surface area contributed by atoms with Gasteiger partial charge in [0.25, 0.3) is 0 Å². The number of aryl methyl sites for hydroxylation is 1. The molecule has 17 heavy (non-hydrogen) atoms. The largest absolute Gasteiger partial charge is 0.493 e. The topological polar surface area (TPSA) is 18.5 Å². The SMILES string of the molecule is COc1cc(C)c(C(Br)CC(C)C)cc1OC. The van der Waals surface area contributed by atoms with Crippen LogP contribution >= 0.6 is 15.9 Å². The highest BCUT2D eigenvalue weighted by molar-refractivity contribution is 9.09. The minimum atomic E-state index is 0.363. The van der Waals surface area contributed by atoms with Crippen LogP contribution in [0.1, 0.15) is 36.2 Å². The lowest BCUT2D eigenvalue weighted by atomic mass is 9.98. The maximum absolute atomic E-state index is 5.34. The van der Waals surface area contributed by atoms with Crippen molar-refractivity contribution in [2.24, 2.45) is 5.92 Å².